The van der Waals surface area contributed by atoms with E-state index in [2.05, 4.69) is 25.3 Å². The quantitative estimate of drug-likeness (QED) is 0.0434. The molecule has 3 aromatic rings. The van der Waals surface area contributed by atoms with Crippen LogP contribution in [-0.4, -0.2) is 39.6 Å². The molecule has 0 saturated heterocycles. The van der Waals surface area contributed by atoms with Crippen LogP contribution in [0.5, 0.6) is 0 Å². The zero-order chi connectivity index (χ0) is 24.8. The summed E-state index contributed by atoms with van der Waals surface area (Å²) in [5.41, 5.74) is 23.8. The van der Waals surface area contributed by atoms with E-state index in [9.17, 15) is 4.21 Å². The maximum Gasteiger partial charge on any atom is 0.198 e. The number of imidazole rings is 1. The van der Waals surface area contributed by atoms with E-state index < -0.39 is 11.0 Å². The number of rotatable bonds is 11. The van der Waals surface area contributed by atoms with Crippen molar-refractivity contribution in [3.05, 3.63) is 35.9 Å². The van der Waals surface area contributed by atoms with Crippen molar-refractivity contribution < 1.29 is 8.49 Å². The third-order valence-corrected chi connectivity index (χ3v) is 6.82. The second-order valence-electron chi connectivity index (χ2n) is 7.32. The summed E-state index contributed by atoms with van der Waals surface area (Å²) in [6.07, 6.45) is 0.645. The lowest BCUT2D eigenvalue weighted by Gasteiger charge is -2.25. The Hall–Kier alpha value is -2.92. The number of hydrazone groups is 1. The Morgan fingerprint density at radius 3 is 2.79 bits per heavy atom. The van der Waals surface area contributed by atoms with Gasteiger partial charge >= 0.3 is 0 Å². The van der Waals surface area contributed by atoms with Crippen LogP contribution < -0.4 is 43.5 Å². The van der Waals surface area contributed by atoms with Gasteiger partial charge < -0.3 is 22.2 Å². The number of aromatic amines is 1. The van der Waals surface area contributed by atoms with Crippen LogP contribution in [0.15, 0.2) is 40.3 Å². The highest BCUT2D eigenvalue weighted by Gasteiger charge is 2.26. The second kappa shape index (κ2) is 11.5. The van der Waals surface area contributed by atoms with Gasteiger partial charge in [0.25, 0.3) is 0 Å². The SMILES string of the molecule is CC(CCN)NS(=O)c1ccc(-c2cccc3[nH]c(N)nc23)c(/C(N)=N/NN)c1N(C)SON. The number of hydrogen-bond acceptors (Lipinski definition) is 11. The molecule has 15 heteroatoms. The summed E-state index contributed by atoms with van der Waals surface area (Å²) in [7, 11) is 0.0648. The van der Waals surface area contributed by atoms with Crippen LogP contribution in [0, 0.1) is 0 Å². The number of hydrogen-bond donors (Lipinski definition) is 8. The summed E-state index contributed by atoms with van der Waals surface area (Å²) >= 11 is 0.831. The van der Waals surface area contributed by atoms with Crippen LogP contribution in [0.4, 0.5) is 11.6 Å². The maximum absolute atomic E-state index is 13.4. The van der Waals surface area contributed by atoms with Crippen molar-refractivity contribution in [1.82, 2.24) is 20.2 Å². The fourth-order valence-corrected chi connectivity index (χ4v) is 5.24. The van der Waals surface area contributed by atoms with Gasteiger partial charge in [-0.1, -0.05) is 18.2 Å². The van der Waals surface area contributed by atoms with Crippen LogP contribution in [0.25, 0.3) is 22.2 Å². The molecule has 0 aliphatic rings. The molecule has 0 amide bonds. The molecule has 0 radical (unpaired) electrons. The highest BCUT2D eigenvalue weighted by Crippen LogP contribution is 2.39. The Kier molecular flexibility index (Phi) is 8.67. The lowest BCUT2D eigenvalue weighted by molar-refractivity contribution is 0.397. The topological polar surface area (TPSA) is 225 Å². The Morgan fingerprint density at radius 2 is 2.12 bits per heavy atom. The third-order valence-electron chi connectivity index (χ3n) is 4.98. The average Bonchev–Trinajstić information content (AvgIpc) is 3.18. The first-order valence-corrected chi connectivity index (χ1v) is 12.0. The molecule has 184 valence electrons. The smallest absolute Gasteiger partial charge is 0.198 e. The average molecular weight is 508 g/mol. The number of anilines is 2. The molecular weight excluding hydrogens is 478 g/mol. The number of H-pyrrole nitrogens is 1. The standard InChI is InChI=1S/C19H29N11O2S2/c1-10(8-9-20)28-34(31)14-7-6-11(12-4-3-5-13-16(12)26-19(22)25-13)15(18(21)27-29-23)17(14)30(2)33-32-24/h3-7,10,28-29H,8-9,20,23-24H2,1-2H3,(H2,21,27)(H3,22,25,26). The van der Waals surface area contributed by atoms with E-state index in [1.165, 1.54) is 0 Å². The molecule has 0 aliphatic heterocycles. The Labute approximate surface area is 203 Å². The molecule has 2 unspecified atom stereocenters. The van der Waals surface area contributed by atoms with Gasteiger partial charge in [-0.3, -0.25) is 4.31 Å². The number of benzene rings is 2. The lowest BCUT2D eigenvalue weighted by Crippen LogP contribution is -2.32. The van der Waals surface area contributed by atoms with E-state index in [4.69, 9.17) is 33.2 Å². The monoisotopic (exact) mass is 507 g/mol. The Bertz CT molecular complexity index is 1200. The minimum absolute atomic E-state index is 0.0475. The van der Waals surface area contributed by atoms with Gasteiger partial charge in [0.2, 0.25) is 0 Å². The minimum atomic E-state index is -1.63. The van der Waals surface area contributed by atoms with Gasteiger partial charge in [0.05, 0.1) is 27.2 Å². The van der Waals surface area contributed by atoms with Crippen molar-refractivity contribution in [2.24, 2.45) is 28.3 Å². The van der Waals surface area contributed by atoms with Crippen molar-refractivity contribution in [3.63, 3.8) is 0 Å². The molecule has 1 heterocycles. The number of nitrogen functional groups attached to an aromatic ring is 1. The van der Waals surface area contributed by atoms with Gasteiger partial charge in [0.15, 0.2) is 11.8 Å². The van der Waals surface area contributed by atoms with Gasteiger partial charge in [0, 0.05) is 18.7 Å². The minimum Gasteiger partial charge on any atom is -0.382 e. The number of hydrazine groups is 1. The van der Waals surface area contributed by atoms with Crippen LogP contribution in [0.2, 0.25) is 0 Å². The molecule has 3 rings (SSSR count). The summed E-state index contributed by atoms with van der Waals surface area (Å²) in [5.74, 6) is 11.1. The summed E-state index contributed by atoms with van der Waals surface area (Å²) in [5, 5.41) is 3.99. The predicted molar refractivity (Wildman–Crippen MR) is 138 cm³/mol. The van der Waals surface area contributed by atoms with E-state index in [-0.39, 0.29) is 17.8 Å². The molecule has 1 aromatic heterocycles. The fourth-order valence-electron chi connectivity index (χ4n) is 3.57. The molecule has 13 N–H and O–H groups in total. The number of nitrogens with one attached hydrogen (secondary N) is 3. The molecule has 34 heavy (non-hydrogen) atoms. The molecule has 0 saturated carbocycles. The number of nitrogens with two attached hydrogens (primary N) is 5. The Balaban J connectivity index is 2.31. The highest BCUT2D eigenvalue weighted by atomic mass is 32.2. The van der Waals surface area contributed by atoms with E-state index >= 15 is 0 Å². The zero-order valence-corrected chi connectivity index (χ0v) is 20.4. The number of amidine groups is 1. The summed E-state index contributed by atoms with van der Waals surface area (Å²) in [6, 6.07) is 9.02. The number of nitrogens with zero attached hydrogens (tertiary/aromatic N) is 3. The number of fused-ring (bicyclic) bond motifs is 1. The molecule has 2 aromatic carbocycles. The molecule has 0 fully saturated rings. The van der Waals surface area contributed by atoms with Crippen molar-refractivity contribution >= 4 is 51.7 Å². The van der Waals surface area contributed by atoms with Crippen LogP contribution in [0.3, 0.4) is 0 Å². The van der Waals surface area contributed by atoms with Crippen molar-refractivity contribution in [2.45, 2.75) is 24.3 Å². The van der Waals surface area contributed by atoms with Gasteiger partial charge in [0.1, 0.15) is 23.2 Å². The Morgan fingerprint density at radius 1 is 1.35 bits per heavy atom. The van der Waals surface area contributed by atoms with E-state index in [0.29, 0.717) is 40.2 Å². The second-order valence-corrected chi connectivity index (χ2v) is 9.42. The molecule has 2 atom stereocenters. The first kappa shape index (κ1) is 25.7. The van der Waals surface area contributed by atoms with E-state index in [1.807, 2.05) is 25.1 Å². The number of aromatic nitrogens is 2. The van der Waals surface area contributed by atoms with Gasteiger partial charge in [-0.05, 0) is 37.6 Å². The molecular formula is C19H29N11O2S2. The normalized spacial score (nSPS) is 13.7. The van der Waals surface area contributed by atoms with Crippen LogP contribution in [-0.2, 0) is 15.3 Å². The molecule has 0 aliphatic carbocycles. The zero-order valence-electron chi connectivity index (χ0n) is 18.7. The third kappa shape index (κ3) is 5.41. The largest absolute Gasteiger partial charge is 0.382 e. The van der Waals surface area contributed by atoms with Gasteiger partial charge in [-0.15, -0.1) is 5.10 Å². The summed E-state index contributed by atoms with van der Waals surface area (Å²) < 4.78 is 22.8. The highest BCUT2D eigenvalue weighted by molar-refractivity contribution is 7.96. The molecule has 0 spiro atoms. The number of para-hydroxylation sites is 1. The molecule has 13 nitrogen and oxygen atoms in total. The van der Waals surface area contributed by atoms with E-state index in [1.54, 1.807) is 23.5 Å². The van der Waals surface area contributed by atoms with Crippen molar-refractivity contribution in [1.29, 1.82) is 0 Å². The van der Waals surface area contributed by atoms with Gasteiger partial charge in [-0.25, -0.2) is 35.5 Å². The first-order valence-electron chi connectivity index (χ1n) is 10.2. The molecule has 0 bridgehead atoms. The van der Waals surface area contributed by atoms with Crippen molar-refractivity contribution in [2.75, 3.05) is 23.6 Å². The van der Waals surface area contributed by atoms with Crippen molar-refractivity contribution in [3.8, 4) is 11.1 Å². The lowest BCUT2D eigenvalue weighted by atomic mass is 9.96. The van der Waals surface area contributed by atoms with Gasteiger partial charge in [-0.2, -0.15) is 0 Å². The van der Waals surface area contributed by atoms with Crippen LogP contribution in [0.1, 0.15) is 18.9 Å². The fraction of sp³-hybridized carbons (Fsp3) is 0.263. The van der Waals surface area contributed by atoms with E-state index in [0.717, 1.165) is 23.3 Å². The maximum atomic E-state index is 13.4. The van der Waals surface area contributed by atoms with Crippen LogP contribution >= 0.6 is 12.2 Å². The summed E-state index contributed by atoms with van der Waals surface area (Å²) in [6.45, 7) is 2.36. The predicted octanol–water partition coefficient (Wildman–Crippen LogP) is 0.135. The first-order chi connectivity index (χ1) is 16.3. The summed E-state index contributed by atoms with van der Waals surface area (Å²) in [4.78, 5) is 7.86.